The fourth-order valence-electron chi connectivity index (χ4n) is 1.80. The average Bonchev–Trinajstić information content (AvgIpc) is 2.74. The van der Waals surface area contributed by atoms with Gasteiger partial charge in [0, 0.05) is 37.0 Å². The highest BCUT2D eigenvalue weighted by atomic mass is 32.2. The maximum atomic E-state index is 5.81. The molecule has 0 atom stereocenters. The third kappa shape index (κ3) is 3.66. The summed E-state index contributed by atoms with van der Waals surface area (Å²) in [5.41, 5.74) is 6.87. The Morgan fingerprint density at radius 1 is 1.61 bits per heavy atom. The van der Waals surface area contributed by atoms with E-state index in [1.165, 1.54) is 0 Å². The van der Waals surface area contributed by atoms with Gasteiger partial charge in [0.1, 0.15) is 0 Å². The van der Waals surface area contributed by atoms with Crippen molar-refractivity contribution in [2.45, 2.75) is 44.4 Å². The SMILES string of the molecule is CC(C)(C)NC(N)=NCCc1cn2c(n1)SCC2. The Bertz CT molecular complexity index is 422. The van der Waals surface area contributed by atoms with E-state index in [2.05, 4.69) is 46.8 Å². The number of aliphatic imine (C=N–C) groups is 1. The van der Waals surface area contributed by atoms with Gasteiger partial charge in [0.15, 0.2) is 11.1 Å². The molecule has 1 aromatic rings. The first-order valence-electron chi connectivity index (χ1n) is 6.21. The van der Waals surface area contributed by atoms with E-state index in [1.54, 1.807) is 0 Å². The largest absolute Gasteiger partial charge is 0.370 e. The number of aryl methyl sites for hydroxylation is 1. The summed E-state index contributed by atoms with van der Waals surface area (Å²) < 4.78 is 2.21. The zero-order valence-electron chi connectivity index (χ0n) is 11.2. The number of rotatable bonds is 3. The van der Waals surface area contributed by atoms with Crippen LogP contribution in [0.15, 0.2) is 16.3 Å². The second-order valence-corrected chi connectivity index (χ2v) is 6.51. The molecule has 0 unspecified atom stereocenters. The van der Waals surface area contributed by atoms with Crippen molar-refractivity contribution < 1.29 is 0 Å². The molecule has 0 spiro atoms. The van der Waals surface area contributed by atoms with Crippen molar-refractivity contribution in [2.75, 3.05) is 12.3 Å². The molecule has 1 aliphatic rings. The van der Waals surface area contributed by atoms with Gasteiger partial charge in [-0.2, -0.15) is 0 Å². The molecule has 0 bridgehead atoms. The van der Waals surface area contributed by atoms with Crippen molar-refractivity contribution in [3.63, 3.8) is 0 Å². The number of nitrogens with two attached hydrogens (primary N) is 1. The second-order valence-electron chi connectivity index (χ2n) is 5.45. The molecule has 0 amide bonds. The maximum absolute atomic E-state index is 5.81. The van der Waals surface area contributed by atoms with Crippen LogP contribution in [-0.4, -0.2) is 33.3 Å². The Morgan fingerprint density at radius 3 is 3.06 bits per heavy atom. The van der Waals surface area contributed by atoms with Crippen molar-refractivity contribution in [1.82, 2.24) is 14.9 Å². The van der Waals surface area contributed by atoms with Gasteiger partial charge in [0.05, 0.1) is 5.69 Å². The number of nitrogens with zero attached hydrogens (tertiary/aromatic N) is 3. The number of imidazole rings is 1. The Hall–Kier alpha value is -1.17. The van der Waals surface area contributed by atoms with Crippen LogP contribution in [0.25, 0.3) is 0 Å². The van der Waals surface area contributed by atoms with Crippen LogP contribution in [0.2, 0.25) is 0 Å². The molecule has 5 nitrogen and oxygen atoms in total. The number of thioether (sulfide) groups is 1. The smallest absolute Gasteiger partial charge is 0.188 e. The molecular formula is C12H21N5S. The van der Waals surface area contributed by atoms with E-state index in [0.29, 0.717) is 12.5 Å². The lowest BCUT2D eigenvalue weighted by atomic mass is 10.1. The second kappa shape index (κ2) is 5.22. The van der Waals surface area contributed by atoms with Crippen LogP contribution in [0, 0.1) is 0 Å². The number of hydrogen-bond donors (Lipinski definition) is 2. The summed E-state index contributed by atoms with van der Waals surface area (Å²) in [7, 11) is 0. The van der Waals surface area contributed by atoms with Crippen LogP contribution in [0.3, 0.4) is 0 Å². The quantitative estimate of drug-likeness (QED) is 0.638. The van der Waals surface area contributed by atoms with Crippen LogP contribution in [0.1, 0.15) is 26.5 Å². The van der Waals surface area contributed by atoms with Gasteiger partial charge in [-0.25, -0.2) is 4.98 Å². The lowest BCUT2D eigenvalue weighted by Crippen LogP contribution is -2.45. The minimum atomic E-state index is -0.0419. The minimum absolute atomic E-state index is 0.0419. The van der Waals surface area contributed by atoms with Crippen LogP contribution < -0.4 is 11.1 Å². The Morgan fingerprint density at radius 2 is 2.39 bits per heavy atom. The molecule has 2 rings (SSSR count). The van der Waals surface area contributed by atoms with E-state index < -0.39 is 0 Å². The Labute approximate surface area is 112 Å². The topological polar surface area (TPSA) is 68.2 Å². The van der Waals surface area contributed by atoms with Gasteiger partial charge in [-0.05, 0) is 20.8 Å². The summed E-state index contributed by atoms with van der Waals surface area (Å²) >= 11 is 1.82. The van der Waals surface area contributed by atoms with Gasteiger partial charge in [0.2, 0.25) is 0 Å². The molecule has 0 saturated carbocycles. The number of nitrogens with one attached hydrogen (secondary N) is 1. The summed E-state index contributed by atoms with van der Waals surface area (Å²) in [6.45, 7) is 7.94. The highest BCUT2D eigenvalue weighted by Gasteiger charge is 2.14. The molecule has 0 aromatic carbocycles. The van der Waals surface area contributed by atoms with Gasteiger partial charge in [-0.3, -0.25) is 4.99 Å². The summed E-state index contributed by atoms with van der Waals surface area (Å²) in [4.78, 5) is 8.87. The zero-order valence-corrected chi connectivity index (χ0v) is 12.0. The molecule has 0 radical (unpaired) electrons. The lowest BCUT2D eigenvalue weighted by Gasteiger charge is -2.20. The van der Waals surface area contributed by atoms with Crippen molar-refractivity contribution in [2.24, 2.45) is 10.7 Å². The van der Waals surface area contributed by atoms with Gasteiger partial charge >= 0.3 is 0 Å². The molecule has 0 aliphatic carbocycles. The predicted octanol–water partition coefficient (Wildman–Crippen LogP) is 1.23. The van der Waals surface area contributed by atoms with Gasteiger partial charge < -0.3 is 15.6 Å². The zero-order chi connectivity index (χ0) is 13.2. The molecule has 1 aliphatic heterocycles. The first-order chi connectivity index (χ1) is 8.44. The molecule has 0 fully saturated rings. The lowest BCUT2D eigenvalue weighted by molar-refractivity contribution is 0.508. The summed E-state index contributed by atoms with van der Waals surface area (Å²) in [6.07, 6.45) is 2.96. The van der Waals surface area contributed by atoms with Crippen LogP contribution in [-0.2, 0) is 13.0 Å². The third-order valence-corrected chi connectivity index (χ3v) is 3.48. The molecule has 2 heterocycles. The van der Waals surface area contributed by atoms with Gasteiger partial charge in [0.25, 0.3) is 0 Å². The van der Waals surface area contributed by atoms with Crippen LogP contribution >= 0.6 is 11.8 Å². The minimum Gasteiger partial charge on any atom is -0.370 e. The fraction of sp³-hybridized carbons (Fsp3) is 0.667. The van der Waals surface area contributed by atoms with Crippen molar-refractivity contribution in [3.8, 4) is 0 Å². The van der Waals surface area contributed by atoms with E-state index >= 15 is 0 Å². The Balaban J connectivity index is 1.82. The fourth-order valence-corrected chi connectivity index (χ4v) is 2.76. The van der Waals surface area contributed by atoms with E-state index in [4.69, 9.17) is 5.73 Å². The van der Waals surface area contributed by atoms with Crippen LogP contribution in [0.5, 0.6) is 0 Å². The van der Waals surface area contributed by atoms with E-state index in [0.717, 1.165) is 29.6 Å². The summed E-state index contributed by atoms with van der Waals surface area (Å²) in [5, 5.41) is 4.28. The first-order valence-corrected chi connectivity index (χ1v) is 7.19. The molecule has 1 aromatic heterocycles. The maximum Gasteiger partial charge on any atom is 0.188 e. The highest BCUT2D eigenvalue weighted by molar-refractivity contribution is 7.99. The Kier molecular flexibility index (Phi) is 3.85. The summed E-state index contributed by atoms with van der Waals surface area (Å²) in [6, 6.07) is 0. The van der Waals surface area contributed by atoms with Crippen molar-refractivity contribution in [1.29, 1.82) is 0 Å². The van der Waals surface area contributed by atoms with Crippen LogP contribution in [0.4, 0.5) is 0 Å². The molecule has 3 N–H and O–H groups in total. The van der Waals surface area contributed by atoms with Crippen molar-refractivity contribution >= 4 is 17.7 Å². The number of fused-ring (bicyclic) bond motifs is 1. The normalized spacial score (nSPS) is 15.8. The monoisotopic (exact) mass is 267 g/mol. The summed E-state index contributed by atoms with van der Waals surface area (Å²) in [5.74, 6) is 1.65. The third-order valence-electron chi connectivity index (χ3n) is 2.51. The van der Waals surface area contributed by atoms with Crippen molar-refractivity contribution in [3.05, 3.63) is 11.9 Å². The first kappa shape index (κ1) is 13.3. The number of aromatic nitrogens is 2. The van der Waals surface area contributed by atoms with E-state index in [9.17, 15) is 0 Å². The molecule has 0 saturated heterocycles. The average molecular weight is 267 g/mol. The molecule has 100 valence electrons. The molecule has 6 heteroatoms. The van der Waals surface area contributed by atoms with Gasteiger partial charge in [-0.15, -0.1) is 0 Å². The number of hydrogen-bond acceptors (Lipinski definition) is 3. The predicted molar refractivity (Wildman–Crippen MR) is 76.0 cm³/mol. The number of guanidine groups is 1. The van der Waals surface area contributed by atoms with E-state index in [-0.39, 0.29) is 5.54 Å². The van der Waals surface area contributed by atoms with E-state index in [1.807, 2.05) is 11.8 Å². The van der Waals surface area contributed by atoms with Gasteiger partial charge in [-0.1, -0.05) is 11.8 Å². The highest BCUT2D eigenvalue weighted by Crippen LogP contribution is 2.24. The molecular weight excluding hydrogens is 246 g/mol. The molecule has 18 heavy (non-hydrogen) atoms. The standard InChI is InChI=1S/C12H21N5S/c1-12(2,3)16-10(13)14-5-4-9-8-17-6-7-18-11(17)15-9/h8H,4-7H2,1-3H3,(H3,13,14,16).